The molecule has 1 aliphatic heterocycles. The summed E-state index contributed by atoms with van der Waals surface area (Å²) in [6.07, 6.45) is 59.7. The van der Waals surface area contributed by atoms with Gasteiger partial charge in [0.15, 0.2) is 6.29 Å². The van der Waals surface area contributed by atoms with Crippen molar-refractivity contribution in [3.63, 3.8) is 0 Å². The molecule has 0 aromatic carbocycles. The third kappa shape index (κ3) is 37.5. The number of carbonyl (C=O) groups excluding carboxylic acids is 1. The zero-order valence-corrected chi connectivity index (χ0v) is 43.6. The molecule has 0 aromatic heterocycles. The number of nitrogens with one attached hydrogen (secondary N) is 1. The molecule has 1 aliphatic rings. The van der Waals surface area contributed by atoms with E-state index in [1.807, 2.05) is 6.08 Å². The fourth-order valence-corrected chi connectivity index (χ4v) is 8.58. The van der Waals surface area contributed by atoms with E-state index in [0.29, 0.717) is 6.42 Å². The van der Waals surface area contributed by atoms with E-state index in [9.17, 15) is 30.3 Å². The molecule has 0 bridgehead atoms. The van der Waals surface area contributed by atoms with Gasteiger partial charge >= 0.3 is 0 Å². The molecule has 1 heterocycles. The number of carbonyl (C=O) groups is 1. The van der Waals surface area contributed by atoms with Gasteiger partial charge in [0, 0.05) is 6.42 Å². The smallest absolute Gasteiger partial charge is 0.220 e. The molecule has 0 aliphatic carbocycles. The second-order valence-electron chi connectivity index (χ2n) is 19.3. The standard InChI is InChI=1S/C59H105NO8/c1-3-5-7-9-11-13-15-17-19-21-23-24-25-26-27-28-29-31-32-34-36-38-40-42-44-46-48-53(62)52(51-67-59-58(66)57(65)56(64)54(50-61)68-59)60-55(63)49-47-45-43-41-39-37-35-33-30-22-20-18-16-14-12-10-8-6-4-2/h6,8,12,14,18,20,30,33,38,40,46,48,52-54,56-59,61-62,64-66H,3-5,7,9-11,13,15-17,19,21-29,31-32,34-37,39,41-45,47,49-51H2,1-2H3,(H,60,63)/b8-6-,14-12-,20-18-,33-30-,40-38+,48-46+. The first-order chi connectivity index (χ1) is 33.3. The van der Waals surface area contributed by atoms with Gasteiger partial charge in [0.2, 0.25) is 5.91 Å². The maximum Gasteiger partial charge on any atom is 0.220 e. The first-order valence-electron chi connectivity index (χ1n) is 28.2. The van der Waals surface area contributed by atoms with Gasteiger partial charge in [0.25, 0.3) is 0 Å². The van der Waals surface area contributed by atoms with Crippen LogP contribution in [0.25, 0.3) is 0 Å². The van der Waals surface area contributed by atoms with Crippen molar-refractivity contribution in [2.75, 3.05) is 13.2 Å². The molecule has 1 amide bonds. The Morgan fingerprint density at radius 1 is 0.515 bits per heavy atom. The van der Waals surface area contributed by atoms with Crippen LogP contribution in [0.1, 0.15) is 239 Å². The Balaban J connectivity index is 2.27. The molecule has 7 atom stereocenters. The van der Waals surface area contributed by atoms with Gasteiger partial charge in [-0.1, -0.05) is 234 Å². The summed E-state index contributed by atoms with van der Waals surface area (Å²) in [7, 11) is 0. The molecule has 0 radical (unpaired) electrons. The molecule has 9 nitrogen and oxygen atoms in total. The van der Waals surface area contributed by atoms with E-state index in [2.05, 4.69) is 79.9 Å². The fraction of sp³-hybridized carbons (Fsp3) is 0.780. The van der Waals surface area contributed by atoms with Crippen LogP contribution >= 0.6 is 0 Å². The lowest BCUT2D eigenvalue weighted by molar-refractivity contribution is -0.302. The van der Waals surface area contributed by atoms with E-state index >= 15 is 0 Å². The van der Waals surface area contributed by atoms with Gasteiger partial charge in [-0.05, 0) is 70.6 Å². The maximum absolute atomic E-state index is 13.0. The Kier molecular flexibility index (Phi) is 45.2. The lowest BCUT2D eigenvalue weighted by atomic mass is 9.99. The maximum atomic E-state index is 13.0. The van der Waals surface area contributed by atoms with Gasteiger partial charge in [-0.25, -0.2) is 0 Å². The van der Waals surface area contributed by atoms with Crippen LogP contribution in [0.4, 0.5) is 0 Å². The summed E-state index contributed by atoms with van der Waals surface area (Å²) in [5.41, 5.74) is 0. The first kappa shape index (κ1) is 63.6. The lowest BCUT2D eigenvalue weighted by Crippen LogP contribution is -2.60. The molecule has 1 fully saturated rings. The molecule has 6 N–H and O–H groups in total. The van der Waals surface area contributed by atoms with Crippen LogP contribution in [0.3, 0.4) is 0 Å². The second kappa shape index (κ2) is 48.3. The summed E-state index contributed by atoms with van der Waals surface area (Å²) in [5.74, 6) is -0.202. The number of aliphatic hydroxyl groups excluding tert-OH is 5. The van der Waals surface area contributed by atoms with Crippen LogP contribution in [-0.2, 0) is 14.3 Å². The minimum absolute atomic E-state index is 0.202. The minimum Gasteiger partial charge on any atom is -0.394 e. The highest BCUT2D eigenvalue weighted by atomic mass is 16.7. The number of rotatable bonds is 47. The lowest BCUT2D eigenvalue weighted by Gasteiger charge is -2.40. The molecule has 0 aromatic rings. The van der Waals surface area contributed by atoms with Crippen molar-refractivity contribution in [1.29, 1.82) is 0 Å². The van der Waals surface area contributed by atoms with Crippen molar-refractivity contribution in [1.82, 2.24) is 5.32 Å². The minimum atomic E-state index is -1.58. The number of hydrogen-bond donors (Lipinski definition) is 6. The summed E-state index contributed by atoms with van der Waals surface area (Å²) >= 11 is 0. The molecule has 9 heteroatoms. The Hall–Kier alpha value is -2.37. The van der Waals surface area contributed by atoms with Crippen LogP contribution in [0.5, 0.6) is 0 Å². The van der Waals surface area contributed by atoms with Crippen LogP contribution in [0.2, 0.25) is 0 Å². The van der Waals surface area contributed by atoms with Gasteiger partial charge in [-0.3, -0.25) is 4.79 Å². The Morgan fingerprint density at radius 3 is 1.41 bits per heavy atom. The number of ether oxygens (including phenoxy) is 2. The van der Waals surface area contributed by atoms with Crippen molar-refractivity contribution in [2.24, 2.45) is 0 Å². The summed E-state index contributed by atoms with van der Waals surface area (Å²) in [4.78, 5) is 13.0. The SMILES string of the molecule is CC/C=C\C/C=C\C/C=C\C/C=C\CCCCCCCCC(=O)NC(COC1OC(CO)C(O)C(O)C1O)C(O)/C=C/CC/C=C/CCCCCCCCCCCCCCCCCCCCCC. The highest BCUT2D eigenvalue weighted by molar-refractivity contribution is 5.76. The fourth-order valence-electron chi connectivity index (χ4n) is 8.58. The van der Waals surface area contributed by atoms with Crippen molar-refractivity contribution in [2.45, 2.75) is 281 Å². The molecular formula is C59H105NO8. The number of aliphatic hydroxyl groups is 5. The third-order valence-electron chi connectivity index (χ3n) is 13.0. The van der Waals surface area contributed by atoms with Crippen LogP contribution in [-0.4, -0.2) is 87.5 Å². The summed E-state index contributed by atoms with van der Waals surface area (Å²) < 4.78 is 11.2. The van der Waals surface area contributed by atoms with E-state index in [4.69, 9.17) is 9.47 Å². The zero-order valence-electron chi connectivity index (χ0n) is 43.6. The van der Waals surface area contributed by atoms with Gasteiger partial charge in [-0.2, -0.15) is 0 Å². The van der Waals surface area contributed by atoms with Gasteiger partial charge in [0.05, 0.1) is 25.4 Å². The third-order valence-corrected chi connectivity index (χ3v) is 13.0. The van der Waals surface area contributed by atoms with Crippen molar-refractivity contribution in [3.8, 4) is 0 Å². The van der Waals surface area contributed by atoms with E-state index in [0.717, 1.165) is 89.9 Å². The average Bonchev–Trinajstić information content (AvgIpc) is 3.34. The largest absolute Gasteiger partial charge is 0.394 e. The highest BCUT2D eigenvalue weighted by Gasteiger charge is 2.44. The van der Waals surface area contributed by atoms with E-state index < -0.39 is 49.5 Å². The number of amides is 1. The van der Waals surface area contributed by atoms with Gasteiger partial charge in [-0.15, -0.1) is 0 Å². The molecule has 1 rings (SSSR count). The number of unbranched alkanes of at least 4 members (excludes halogenated alkanes) is 27. The predicted molar refractivity (Wildman–Crippen MR) is 285 cm³/mol. The van der Waals surface area contributed by atoms with Crippen LogP contribution in [0.15, 0.2) is 72.9 Å². The quantitative estimate of drug-likeness (QED) is 0.0261. The first-order valence-corrected chi connectivity index (χ1v) is 28.2. The Morgan fingerprint density at radius 2 is 0.926 bits per heavy atom. The highest BCUT2D eigenvalue weighted by Crippen LogP contribution is 2.23. The summed E-state index contributed by atoms with van der Waals surface area (Å²) in [6, 6.07) is -0.834. The molecule has 68 heavy (non-hydrogen) atoms. The van der Waals surface area contributed by atoms with E-state index in [1.54, 1.807) is 6.08 Å². The number of hydrogen-bond acceptors (Lipinski definition) is 8. The topological polar surface area (TPSA) is 149 Å². The zero-order chi connectivity index (χ0) is 49.4. The molecule has 0 spiro atoms. The van der Waals surface area contributed by atoms with E-state index in [-0.39, 0.29) is 12.5 Å². The molecular weight excluding hydrogens is 851 g/mol. The van der Waals surface area contributed by atoms with Gasteiger partial charge < -0.3 is 40.3 Å². The monoisotopic (exact) mass is 956 g/mol. The molecule has 1 saturated heterocycles. The summed E-state index contributed by atoms with van der Waals surface area (Å²) in [5, 5.41) is 54.4. The molecule has 7 unspecified atom stereocenters. The van der Waals surface area contributed by atoms with Crippen molar-refractivity contribution >= 4 is 5.91 Å². The Bertz CT molecular complexity index is 1290. The average molecular weight is 956 g/mol. The van der Waals surface area contributed by atoms with Crippen LogP contribution < -0.4 is 5.32 Å². The van der Waals surface area contributed by atoms with Crippen LogP contribution in [0, 0.1) is 0 Å². The summed E-state index contributed by atoms with van der Waals surface area (Å²) in [6.45, 7) is 3.65. The predicted octanol–water partition coefficient (Wildman–Crippen LogP) is 13.7. The van der Waals surface area contributed by atoms with E-state index in [1.165, 1.54) is 128 Å². The number of allylic oxidation sites excluding steroid dienone is 11. The Labute approximate surface area is 417 Å². The normalized spacial score (nSPS) is 20.1. The molecule has 394 valence electrons. The van der Waals surface area contributed by atoms with Crippen molar-refractivity contribution < 1.29 is 39.8 Å². The van der Waals surface area contributed by atoms with Gasteiger partial charge in [0.1, 0.15) is 24.4 Å². The second-order valence-corrected chi connectivity index (χ2v) is 19.3. The van der Waals surface area contributed by atoms with Crippen molar-refractivity contribution in [3.05, 3.63) is 72.9 Å². The molecule has 0 saturated carbocycles.